The quantitative estimate of drug-likeness (QED) is 0.917. The van der Waals surface area contributed by atoms with Crippen LogP contribution >= 0.6 is 0 Å². The molecule has 1 heterocycles. The second-order valence-corrected chi connectivity index (χ2v) is 7.05. The molecule has 1 fully saturated rings. The van der Waals surface area contributed by atoms with Crippen molar-refractivity contribution in [3.8, 4) is 0 Å². The van der Waals surface area contributed by atoms with Crippen LogP contribution in [0.3, 0.4) is 0 Å². The van der Waals surface area contributed by atoms with Crippen molar-refractivity contribution < 1.29 is 8.42 Å². The van der Waals surface area contributed by atoms with Crippen LogP contribution in [0.5, 0.6) is 0 Å². The minimum absolute atomic E-state index is 0.115. The van der Waals surface area contributed by atoms with E-state index in [1.165, 1.54) is 17.8 Å². The van der Waals surface area contributed by atoms with Crippen molar-refractivity contribution in [2.45, 2.75) is 37.4 Å². The maximum atomic E-state index is 12.6. The fourth-order valence-electron chi connectivity index (χ4n) is 2.16. The Morgan fingerprint density at radius 3 is 2.50 bits per heavy atom. The van der Waals surface area contributed by atoms with Crippen molar-refractivity contribution in [2.24, 2.45) is 0 Å². The Bertz CT molecular complexity index is 674. The van der Waals surface area contributed by atoms with Gasteiger partial charge in [0.25, 0.3) is 10.0 Å². The number of nitrogens with one attached hydrogen (secondary N) is 1. The fraction of sp³-hybridized carbons (Fsp3) is 0.357. The Kier molecular flexibility index (Phi) is 3.35. The first-order valence-corrected chi connectivity index (χ1v) is 8.08. The normalized spacial score (nSPS) is 15.7. The highest BCUT2D eigenvalue weighted by atomic mass is 32.2. The summed E-state index contributed by atoms with van der Waals surface area (Å²) in [5.74, 6) is 0. The van der Waals surface area contributed by atoms with Gasteiger partial charge in [-0.05, 0) is 31.4 Å². The monoisotopic (exact) mass is 291 g/mol. The summed E-state index contributed by atoms with van der Waals surface area (Å²) in [6, 6.07) is 9.58. The Morgan fingerprint density at radius 1 is 1.25 bits per heavy atom. The highest BCUT2D eigenvalue weighted by molar-refractivity contribution is 7.89. The number of H-pyrrole nitrogens is 1. The fourth-order valence-corrected chi connectivity index (χ4v) is 3.74. The minimum Gasteiger partial charge on any atom is -0.266 e. The first-order valence-electron chi connectivity index (χ1n) is 6.64. The van der Waals surface area contributed by atoms with Gasteiger partial charge in [0, 0.05) is 12.6 Å². The number of hydrogen-bond acceptors (Lipinski definition) is 3. The van der Waals surface area contributed by atoms with Gasteiger partial charge in [-0.1, -0.05) is 29.8 Å². The first-order chi connectivity index (χ1) is 9.57. The summed E-state index contributed by atoms with van der Waals surface area (Å²) < 4.78 is 26.8. The lowest BCUT2D eigenvalue weighted by atomic mass is 10.1. The predicted octanol–water partition coefficient (Wildman–Crippen LogP) is 2.07. The third-order valence-electron chi connectivity index (χ3n) is 3.47. The van der Waals surface area contributed by atoms with Crippen LogP contribution in [0, 0.1) is 6.92 Å². The maximum absolute atomic E-state index is 12.6. The number of hydrogen-bond donors (Lipinski definition) is 1. The highest BCUT2D eigenvalue weighted by Crippen LogP contribution is 2.32. The summed E-state index contributed by atoms with van der Waals surface area (Å²) in [5.41, 5.74) is 2.17. The van der Waals surface area contributed by atoms with Crippen LogP contribution in [-0.4, -0.2) is 29.0 Å². The molecule has 0 bridgehead atoms. The highest BCUT2D eigenvalue weighted by Gasteiger charge is 2.38. The second kappa shape index (κ2) is 5.03. The molecule has 0 radical (unpaired) electrons. The zero-order valence-corrected chi connectivity index (χ0v) is 12.1. The lowest BCUT2D eigenvalue weighted by molar-refractivity contribution is 0.396. The molecule has 0 aliphatic heterocycles. The first kappa shape index (κ1) is 13.3. The summed E-state index contributed by atoms with van der Waals surface area (Å²) in [6.07, 6.45) is 3.32. The van der Waals surface area contributed by atoms with Crippen LogP contribution in [-0.2, 0) is 16.6 Å². The van der Waals surface area contributed by atoms with Crippen LogP contribution in [0.1, 0.15) is 24.0 Å². The van der Waals surface area contributed by atoms with Crippen molar-refractivity contribution in [1.29, 1.82) is 0 Å². The molecule has 1 saturated carbocycles. The molecule has 20 heavy (non-hydrogen) atoms. The van der Waals surface area contributed by atoms with Crippen LogP contribution < -0.4 is 0 Å². The number of benzene rings is 1. The van der Waals surface area contributed by atoms with Gasteiger partial charge in [0.1, 0.15) is 0 Å². The van der Waals surface area contributed by atoms with E-state index in [0.717, 1.165) is 18.4 Å². The minimum atomic E-state index is -3.49. The predicted molar refractivity (Wildman–Crippen MR) is 75.5 cm³/mol. The number of rotatable bonds is 5. The Balaban J connectivity index is 1.88. The second-order valence-electron chi connectivity index (χ2n) is 5.19. The van der Waals surface area contributed by atoms with Crippen molar-refractivity contribution in [3.05, 3.63) is 47.7 Å². The summed E-state index contributed by atoms with van der Waals surface area (Å²) >= 11 is 0. The van der Waals surface area contributed by atoms with E-state index in [0.29, 0.717) is 6.54 Å². The van der Waals surface area contributed by atoms with Crippen LogP contribution in [0.15, 0.2) is 41.6 Å². The Labute approximate surface area is 118 Å². The maximum Gasteiger partial charge on any atom is 0.260 e. The van der Waals surface area contributed by atoms with E-state index in [2.05, 4.69) is 10.2 Å². The molecule has 0 unspecified atom stereocenters. The average molecular weight is 291 g/mol. The van der Waals surface area contributed by atoms with Gasteiger partial charge in [0.05, 0.1) is 6.20 Å². The van der Waals surface area contributed by atoms with E-state index < -0.39 is 10.0 Å². The van der Waals surface area contributed by atoms with Crippen LogP contribution in [0.4, 0.5) is 0 Å². The average Bonchev–Trinajstić information content (AvgIpc) is 3.09. The van der Waals surface area contributed by atoms with E-state index in [1.54, 1.807) is 4.31 Å². The third kappa shape index (κ3) is 2.62. The van der Waals surface area contributed by atoms with Gasteiger partial charge in [-0.15, -0.1) is 0 Å². The third-order valence-corrected chi connectivity index (χ3v) is 5.30. The molecule has 106 valence electrons. The smallest absolute Gasteiger partial charge is 0.260 e. The SMILES string of the molecule is Cc1ccc(CN(C2CC2)S(=O)(=O)c2ccn[nH]2)cc1. The topological polar surface area (TPSA) is 66.1 Å². The molecule has 0 spiro atoms. The lowest BCUT2D eigenvalue weighted by Crippen LogP contribution is -2.32. The Hall–Kier alpha value is -1.66. The molecule has 2 aromatic rings. The van der Waals surface area contributed by atoms with E-state index in [-0.39, 0.29) is 11.1 Å². The zero-order chi connectivity index (χ0) is 14.2. The molecule has 0 saturated heterocycles. The van der Waals surface area contributed by atoms with Gasteiger partial charge in [0.2, 0.25) is 0 Å². The summed E-state index contributed by atoms with van der Waals surface area (Å²) in [4.78, 5) is 0. The summed E-state index contributed by atoms with van der Waals surface area (Å²) in [7, 11) is -3.49. The van der Waals surface area contributed by atoms with Gasteiger partial charge in [0.15, 0.2) is 5.03 Å². The molecular formula is C14H17N3O2S. The Morgan fingerprint density at radius 2 is 1.95 bits per heavy atom. The number of sulfonamides is 1. The molecule has 1 aromatic carbocycles. The summed E-state index contributed by atoms with van der Waals surface area (Å²) in [6.45, 7) is 2.43. The van der Waals surface area contributed by atoms with E-state index in [1.807, 2.05) is 31.2 Å². The standard InChI is InChI=1S/C14H17N3O2S/c1-11-2-4-12(5-3-11)10-17(13-6-7-13)20(18,19)14-8-9-15-16-14/h2-5,8-9,13H,6-7,10H2,1H3,(H,15,16). The molecule has 6 heteroatoms. The zero-order valence-electron chi connectivity index (χ0n) is 11.3. The van der Waals surface area contributed by atoms with E-state index >= 15 is 0 Å². The van der Waals surface area contributed by atoms with Crippen LogP contribution in [0.2, 0.25) is 0 Å². The van der Waals surface area contributed by atoms with Gasteiger partial charge in [-0.2, -0.15) is 9.40 Å². The van der Waals surface area contributed by atoms with Gasteiger partial charge < -0.3 is 0 Å². The number of aromatic amines is 1. The molecular weight excluding hydrogens is 274 g/mol. The van der Waals surface area contributed by atoms with Gasteiger partial charge in [-0.25, -0.2) is 8.42 Å². The molecule has 0 atom stereocenters. The van der Waals surface area contributed by atoms with Crippen molar-refractivity contribution in [1.82, 2.24) is 14.5 Å². The molecule has 1 aliphatic rings. The van der Waals surface area contributed by atoms with Crippen molar-refractivity contribution in [3.63, 3.8) is 0 Å². The lowest BCUT2D eigenvalue weighted by Gasteiger charge is -2.21. The number of aromatic nitrogens is 2. The summed E-state index contributed by atoms with van der Waals surface area (Å²) in [5, 5.41) is 6.46. The molecule has 1 N–H and O–H groups in total. The van der Waals surface area contributed by atoms with Crippen molar-refractivity contribution in [2.75, 3.05) is 0 Å². The van der Waals surface area contributed by atoms with E-state index in [9.17, 15) is 8.42 Å². The van der Waals surface area contributed by atoms with Gasteiger partial charge >= 0.3 is 0 Å². The molecule has 5 nitrogen and oxygen atoms in total. The molecule has 1 aromatic heterocycles. The van der Waals surface area contributed by atoms with Gasteiger partial charge in [-0.3, -0.25) is 5.10 Å². The number of nitrogens with zero attached hydrogens (tertiary/aromatic N) is 2. The van der Waals surface area contributed by atoms with Crippen LogP contribution in [0.25, 0.3) is 0 Å². The van der Waals surface area contributed by atoms with E-state index in [4.69, 9.17) is 0 Å². The van der Waals surface area contributed by atoms with Crippen molar-refractivity contribution >= 4 is 10.0 Å². The molecule has 0 amide bonds. The molecule has 1 aliphatic carbocycles. The largest absolute Gasteiger partial charge is 0.266 e. The number of aryl methyl sites for hydroxylation is 1. The molecule has 3 rings (SSSR count).